The van der Waals surface area contributed by atoms with Gasteiger partial charge in [-0.05, 0) is 53.5 Å². The number of hydrogen-bond donors (Lipinski definition) is 1. The van der Waals surface area contributed by atoms with Crippen molar-refractivity contribution in [3.8, 4) is 0 Å². The third kappa shape index (κ3) is 4.46. The van der Waals surface area contributed by atoms with Gasteiger partial charge >= 0.3 is 0 Å². The van der Waals surface area contributed by atoms with E-state index in [4.69, 9.17) is 23.8 Å². The van der Waals surface area contributed by atoms with Crippen LogP contribution >= 0.6 is 35.2 Å². The van der Waals surface area contributed by atoms with Crippen LogP contribution in [0.2, 0.25) is 5.02 Å². The number of aromatic nitrogens is 1. The average molecular weight is 418 g/mol. The Kier molecular flexibility index (Phi) is 5.51. The Labute approximate surface area is 172 Å². The number of aryl methyl sites for hydroxylation is 1. The summed E-state index contributed by atoms with van der Waals surface area (Å²) >= 11 is 12.8. The van der Waals surface area contributed by atoms with Crippen molar-refractivity contribution >= 4 is 56.4 Å². The number of nitrogens with zero attached hydrogens (tertiary/aromatic N) is 2. The van der Waals surface area contributed by atoms with Gasteiger partial charge in [-0.1, -0.05) is 55.8 Å². The molecule has 0 spiro atoms. The van der Waals surface area contributed by atoms with Gasteiger partial charge in [0.25, 0.3) is 5.91 Å². The van der Waals surface area contributed by atoms with Crippen molar-refractivity contribution in [1.82, 2.24) is 9.88 Å². The lowest BCUT2D eigenvalue weighted by molar-refractivity contribution is 0.0977. The Morgan fingerprint density at radius 1 is 1.19 bits per heavy atom. The summed E-state index contributed by atoms with van der Waals surface area (Å²) in [5.74, 6) is -0.268. The molecule has 0 radical (unpaired) electrons. The van der Waals surface area contributed by atoms with Gasteiger partial charge in [-0.2, -0.15) is 4.99 Å². The minimum atomic E-state index is -0.268. The third-order valence-electron chi connectivity index (χ3n) is 4.20. The first-order valence-corrected chi connectivity index (χ1v) is 10.0. The van der Waals surface area contributed by atoms with Crippen LogP contribution in [-0.4, -0.2) is 15.6 Å². The number of amides is 1. The molecule has 1 aromatic heterocycles. The molecule has 7 heteroatoms. The molecule has 3 rings (SSSR count). The molecule has 0 bridgehead atoms. The van der Waals surface area contributed by atoms with Crippen LogP contribution < -0.4 is 10.1 Å². The molecule has 1 amide bonds. The zero-order valence-corrected chi connectivity index (χ0v) is 17.9. The molecule has 0 saturated carbocycles. The van der Waals surface area contributed by atoms with Gasteiger partial charge in [-0.25, -0.2) is 0 Å². The highest BCUT2D eigenvalue weighted by molar-refractivity contribution is 7.80. The van der Waals surface area contributed by atoms with Gasteiger partial charge in [0.1, 0.15) is 0 Å². The predicted octanol–water partition coefficient (Wildman–Crippen LogP) is 4.81. The fourth-order valence-electron chi connectivity index (χ4n) is 2.62. The van der Waals surface area contributed by atoms with Crippen molar-refractivity contribution in [2.24, 2.45) is 12.0 Å². The van der Waals surface area contributed by atoms with Crippen LogP contribution in [0.5, 0.6) is 0 Å². The molecule has 1 N–H and O–H groups in total. The van der Waals surface area contributed by atoms with Gasteiger partial charge in [-0.3, -0.25) is 10.1 Å². The molecule has 0 saturated heterocycles. The summed E-state index contributed by atoms with van der Waals surface area (Å²) in [6.07, 6.45) is 0. The van der Waals surface area contributed by atoms with Crippen LogP contribution in [0, 0.1) is 0 Å². The standard InChI is InChI=1S/C20H20ClN3OS2/c1-20(2,3)13-7-5-12(6-8-13)17(25)22-18(26)23-19-24(4)15-10-9-14(21)11-16(15)27-19/h5-11H,1-4H3,(H,22,25,26). The van der Waals surface area contributed by atoms with Crippen LogP contribution in [-0.2, 0) is 12.5 Å². The second-order valence-electron chi connectivity index (χ2n) is 7.25. The Hall–Kier alpha value is -2.02. The number of hydrogen-bond acceptors (Lipinski definition) is 3. The number of carbonyl (C=O) groups is 1. The minimum absolute atomic E-state index is 0.0401. The molecule has 0 atom stereocenters. The zero-order chi connectivity index (χ0) is 19.8. The first-order valence-electron chi connectivity index (χ1n) is 8.41. The number of rotatable bonds is 1. The molecule has 0 aliphatic heterocycles. The van der Waals surface area contributed by atoms with Crippen LogP contribution in [0.1, 0.15) is 36.7 Å². The number of thiazole rings is 1. The molecule has 4 nitrogen and oxygen atoms in total. The molecule has 0 unspecified atom stereocenters. The van der Waals surface area contributed by atoms with E-state index in [1.54, 1.807) is 12.1 Å². The fraction of sp³-hybridized carbons (Fsp3) is 0.250. The van der Waals surface area contributed by atoms with Crippen LogP contribution in [0.15, 0.2) is 47.5 Å². The summed E-state index contributed by atoms with van der Waals surface area (Å²) in [5.41, 5.74) is 2.77. The summed E-state index contributed by atoms with van der Waals surface area (Å²) in [6, 6.07) is 13.2. The number of thiocarbonyl (C=S) groups is 1. The Bertz CT molecular complexity index is 1090. The Balaban J connectivity index is 1.80. The molecule has 1 heterocycles. The molecule has 3 aromatic rings. The van der Waals surface area contributed by atoms with E-state index < -0.39 is 0 Å². The van der Waals surface area contributed by atoms with Gasteiger partial charge in [-0.15, -0.1) is 0 Å². The topological polar surface area (TPSA) is 46.4 Å². The Morgan fingerprint density at radius 2 is 1.85 bits per heavy atom. The van der Waals surface area contributed by atoms with E-state index in [0.29, 0.717) is 15.4 Å². The molecule has 2 aromatic carbocycles. The first-order chi connectivity index (χ1) is 12.6. The van der Waals surface area contributed by atoms with Gasteiger partial charge in [0, 0.05) is 17.6 Å². The second kappa shape index (κ2) is 7.54. The number of nitrogens with one attached hydrogen (secondary N) is 1. The predicted molar refractivity (Wildman–Crippen MR) is 117 cm³/mol. The maximum atomic E-state index is 12.4. The van der Waals surface area contributed by atoms with Crippen molar-refractivity contribution in [2.75, 3.05) is 0 Å². The summed E-state index contributed by atoms with van der Waals surface area (Å²) in [4.78, 5) is 17.5. The van der Waals surface area contributed by atoms with E-state index in [2.05, 4.69) is 31.1 Å². The number of halogens is 1. The Morgan fingerprint density at radius 3 is 2.48 bits per heavy atom. The van der Waals surface area contributed by atoms with Gasteiger partial charge in [0.2, 0.25) is 5.11 Å². The van der Waals surface area contributed by atoms with E-state index >= 15 is 0 Å². The van der Waals surface area contributed by atoms with Crippen molar-refractivity contribution in [3.63, 3.8) is 0 Å². The quantitative estimate of drug-likeness (QED) is 0.577. The molecule has 27 heavy (non-hydrogen) atoms. The van der Waals surface area contributed by atoms with Crippen LogP contribution in [0.3, 0.4) is 0 Å². The first kappa shape index (κ1) is 19.7. The lowest BCUT2D eigenvalue weighted by Gasteiger charge is -2.18. The summed E-state index contributed by atoms with van der Waals surface area (Å²) < 4.78 is 2.93. The SMILES string of the molecule is Cn1c(=NC(=S)NC(=O)c2ccc(C(C)(C)C)cc2)sc2cc(Cl)ccc21. The van der Waals surface area contributed by atoms with E-state index in [1.807, 2.05) is 41.9 Å². The summed E-state index contributed by atoms with van der Waals surface area (Å²) in [5, 5.41) is 3.48. The lowest BCUT2D eigenvalue weighted by atomic mass is 9.87. The van der Waals surface area contributed by atoms with E-state index in [9.17, 15) is 4.79 Å². The maximum Gasteiger partial charge on any atom is 0.257 e. The molecule has 0 aliphatic rings. The molecular weight excluding hydrogens is 398 g/mol. The van der Waals surface area contributed by atoms with Gasteiger partial charge in [0.15, 0.2) is 4.80 Å². The third-order valence-corrected chi connectivity index (χ3v) is 5.73. The average Bonchev–Trinajstić information content (AvgIpc) is 2.89. The van der Waals surface area contributed by atoms with Gasteiger partial charge < -0.3 is 4.57 Å². The van der Waals surface area contributed by atoms with E-state index in [1.165, 1.54) is 16.9 Å². The molecular formula is C20H20ClN3OS2. The smallest absolute Gasteiger partial charge is 0.257 e. The maximum absolute atomic E-state index is 12.4. The van der Waals surface area contributed by atoms with Gasteiger partial charge in [0.05, 0.1) is 10.2 Å². The lowest BCUT2D eigenvalue weighted by Crippen LogP contribution is -2.29. The summed E-state index contributed by atoms with van der Waals surface area (Å²) in [7, 11) is 1.90. The second-order valence-corrected chi connectivity index (χ2v) is 9.09. The highest BCUT2D eigenvalue weighted by atomic mass is 35.5. The normalized spacial score (nSPS) is 12.4. The molecule has 0 aliphatic carbocycles. The van der Waals surface area contributed by atoms with Crippen molar-refractivity contribution in [3.05, 3.63) is 63.4 Å². The zero-order valence-electron chi connectivity index (χ0n) is 15.5. The largest absolute Gasteiger partial charge is 0.319 e. The van der Waals surface area contributed by atoms with E-state index in [0.717, 1.165) is 10.2 Å². The minimum Gasteiger partial charge on any atom is -0.319 e. The van der Waals surface area contributed by atoms with Crippen LogP contribution in [0.25, 0.3) is 10.2 Å². The fourth-order valence-corrected chi connectivity index (χ4v) is 4.16. The van der Waals surface area contributed by atoms with Crippen molar-refractivity contribution in [2.45, 2.75) is 26.2 Å². The van der Waals surface area contributed by atoms with E-state index in [-0.39, 0.29) is 16.4 Å². The highest BCUT2D eigenvalue weighted by Crippen LogP contribution is 2.22. The van der Waals surface area contributed by atoms with Crippen molar-refractivity contribution < 1.29 is 4.79 Å². The summed E-state index contributed by atoms with van der Waals surface area (Å²) in [6.45, 7) is 6.40. The monoisotopic (exact) mass is 417 g/mol. The molecule has 140 valence electrons. The number of benzene rings is 2. The highest BCUT2D eigenvalue weighted by Gasteiger charge is 2.14. The van der Waals surface area contributed by atoms with Crippen molar-refractivity contribution in [1.29, 1.82) is 0 Å². The molecule has 0 fully saturated rings. The van der Waals surface area contributed by atoms with Crippen LogP contribution in [0.4, 0.5) is 0 Å². The number of fused-ring (bicyclic) bond motifs is 1. The number of carbonyl (C=O) groups excluding carboxylic acids is 1.